The summed E-state index contributed by atoms with van der Waals surface area (Å²) in [5.41, 5.74) is 5.01. The van der Waals surface area contributed by atoms with Crippen LogP contribution in [0.25, 0.3) is 11.3 Å². The lowest BCUT2D eigenvalue weighted by molar-refractivity contribution is 0.137. The lowest BCUT2D eigenvalue weighted by Crippen LogP contribution is -2.10. The summed E-state index contributed by atoms with van der Waals surface area (Å²) in [6.07, 6.45) is 1.54. The number of aryl methyl sites for hydroxylation is 1. The van der Waals surface area contributed by atoms with Gasteiger partial charge in [-0.1, -0.05) is 47.5 Å². The molecule has 0 aliphatic rings. The molecule has 0 spiro atoms. The van der Waals surface area contributed by atoms with E-state index < -0.39 is 0 Å². The highest BCUT2D eigenvalue weighted by Crippen LogP contribution is 2.38. The van der Waals surface area contributed by atoms with Crippen molar-refractivity contribution < 1.29 is 4.74 Å². The number of halogens is 2. The Kier molecular flexibility index (Phi) is 5.99. The Balaban J connectivity index is 2.21. The number of nitrogens with zero attached hydrogens (tertiary/aromatic N) is 2. The third-order valence-electron chi connectivity index (χ3n) is 4.36. The molecule has 3 rings (SSSR count). The van der Waals surface area contributed by atoms with Crippen molar-refractivity contribution in [3.8, 4) is 11.3 Å². The standard InChI is InChI=1S/C20H21Cl2N3O/c1-23-11-13-12-24-25(2)19(13)15-9-8-14(21)10-17(15)20(26-3)16-6-4-5-7-18(16)22/h4-10,12,20,23H,11H2,1-3H3. The fourth-order valence-electron chi connectivity index (χ4n) is 3.23. The van der Waals surface area contributed by atoms with Crippen LogP contribution in [0.4, 0.5) is 0 Å². The summed E-state index contributed by atoms with van der Waals surface area (Å²) >= 11 is 12.8. The van der Waals surface area contributed by atoms with Gasteiger partial charge in [0.1, 0.15) is 6.10 Å². The first-order valence-electron chi connectivity index (χ1n) is 8.29. The maximum Gasteiger partial charge on any atom is 0.109 e. The van der Waals surface area contributed by atoms with Gasteiger partial charge in [0.2, 0.25) is 0 Å². The molecule has 0 fully saturated rings. The van der Waals surface area contributed by atoms with E-state index in [-0.39, 0.29) is 6.10 Å². The zero-order valence-electron chi connectivity index (χ0n) is 15.0. The zero-order valence-corrected chi connectivity index (χ0v) is 16.5. The highest BCUT2D eigenvalue weighted by Gasteiger charge is 2.23. The lowest BCUT2D eigenvalue weighted by atomic mass is 9.93. The molecule has 0 saturated carbocycles. The van der Waals surface area contributed by atoms with E-state index in [0.717, 1.165) is 34.5 Å². The molecular weight excluding hydrogens is 369 g/mol. The molecule has 1 aromatic heterocycles. The molecule has 2 aromatic carbocycles. The van der Waals surface area contributed by atoms with E-state index in [0.29, 0.717) is 10.0 Å². The quantitative estimate of drug-likeness (QED) is 0.654. The van der Waals surface area contributed by atoms with Gasteiger partial charge in [0.15, 0.2) is 0 Å². The van der Waals surface area contributed by atoms with Crippen molar-refractivity contribution in [1.82, 2.24) is 15.1 Å². The third kappa shape index (κ3) is 3.64. The number of benzene rings is 2. The highest BCUT2D eigenvalue weighted by molar-refractivity contribution is 6.31. The molecule has 0 radical (unpaired) electrons. The monoisotopic (exact) mass is 389 g/mol. The SMILES string of the molecule is CNCc1cnn(C)c1-c1ccc(Cl)cc1C(OC)c1ccccc1Cl. The molecular formula is C20H21Cl2N3O. The van der Waals surface area contributed by atoms with Crippen molar-refractivity contribution in [2.75, 3.05) is 14.2 Å². The van der Waals surface area contributed by atoms with Gasteiger partial charge in [-0.25, -0.2) is 0 Å². The molecule has 1 unspecified atom stereocenters. The van der Waals surface area contributed by atoms with Gasteiger partial charge in [-0.05, 0) is 30.8 Å². The predicted molar refractivity (Wildman–Crippen MR) is 107 cm³/mol. The Hall–Kier alpha value is -1.85. The van der Waals surface area contributed by atoms with E-state index in [1.165, 1.54) is 0 Å². The van der Waals surface area contributed by atoms with E-state index in [1.807, 2.05) is 67.4 Å². The summed E-state index contributed by atoms with van der Waals surface area (Å²) in [6.45, 7) is 0.717. The predicted octanol–water partition coefficient (Wildman–Crippen LogP) is 4.85. The fourth-order valence-corrected chi connectivity index (χ4v) is 3.64. The van der Waals surface area contributed by atoms with Gasteiger partial charge >= 0.3 is 0 Å². The normalized spacial score (nSPS) is 12.3. The minimum absolute atomic E-state index is 0.338. The van der Waals surface area contributed by atoms with E-state index >= 15 is 0 Å². The molecule has 3 aromatic rings. The maximum atomic E-state index is 6.44. The van der Waals surface area contributed by atoms with Gasteiger partial charge in [0.05, 0.1) is 11.9 Å². The first-order valence-corrected chi connectivity index (χ1v) is 9.05. The van der Waals surface area contributed by atoms with Crippen LogP contribution in [-0.2, 0) is 18.3 Å². The maximum absolute atomic E-state index is 6.44. The molecule has 6 heteroatoms. The molecule has 0 saturated heterocycles. The zero-order chi connectivity index (χ0) is 18.7. The number of ether oxygens (including phenoxy) is 1. The molecule has 0 aliphatic heterocycles. The molecule has 0 aliphatic carbocycles. The van der Waals surface area contributed by atoms with E-state index in [4.69, 9.17) is 27.9 Å². The van der Waals surface area contributed by atoms with E-state index in [2.05, 4.69) is 10.4 Å². The van der Waals surface area contributed by atoms with E-state index in [9.17, 15) is 0 Å². The van der Waals surface area contributed by atoms with Gasteiger partial charge in [-0.2, -0.15) is 5.10 Å². The number of methoxy groups -OCH3 is 1. The second kappa shape index (κ2) is 8.23. The van der Waals surface area contributed by atoms with Gasteiger partial charge in [-0.3, -0.25) is 4.68 Å². The molecule has 0 bridgehead atoms. The Morgan fingerprint density at radius 3 is 2.62 bits per heavy atom. The van der Waals surface area contributed by atoms with Crippen LogP contribution in [0.15, 0.2) is 48.7 Å². The lowest BCUT2D eigenvalue weighted by Gasteiger charge is -2.22. The number of hydrogen-bond acceptors (Lipinski definition) is 3. The smallest absolute Gasteiger partial charge is 0.109 e. The summed E-state index contributed by atoms with van der Waals surface area (Å²) < 4.78 is 7.72. The molecule has 1 heterocycles. The van der Waals surface area contributed by atoms with Crippen LogP contribution in [0.3, 0.4) is 0 Å². The number of aromatic nitrogens is 2. The highest BCUT2D eigenvalue weighted by atomic mass is 35.5. The molecule has 1 N–H and O–H groups in total. The van der Waals surface area contributed by atoms with Gasteiger partial charge in [-0.15, -0.1) is 0 Å². The van der Waals surface area contributed by atoms with Crippen molar-refractivity contribution in [2.24, 2.45) is 7.05 Å². The summed E-state index contributed by atoms with van der Waals surface area (Å²) in [7, 11) is 5.53. The minimum Gasteiger partial charge on any atom is -0.372 e. The Bertz CT molecular complexity index is 908. The summed E-state index contributed by atoms with van der Waals surface area (Å²) in [4.78, 5) is 0. The second-order valence-electron chi connectivity index (χ2n) is 6.04. The number of nitrogens with one attached hydrogen (secondary N) is 1. The van der Waals surface area contributed by atoms with Crippen LogP contribution in [-0.4, -0.2) is 23.9 Å². The third-order valence-corrected chi connectivity index (χ3v) is 4.94. The Labute approximate surface area is 163 Å². The number of rotatable bonds is 6. The van der Waals surface area contributed by atoms with Crippen molar-refractivity contribution in [3.05, 3.63) is 75.4 Å². The van der Waals surface area contributed by atoms with Gasteiger partial charge < -0.3 is 10.1 Å². The fraction of sp³-hybridized carbons (Fsp3) is 0.250. The first kappa shape index (κ1) is 18.9. The van der Waals surface area contributed by atoms with Crippen LogP contribution < -0.4 is 5.32 Å². The summed E-state index contributed by atoms with van der Waals surface area (Å²) in [5, 5.41) is 8.92. The van der Waals surface area contributed by atoms with Crippen molar-refractivity contribution in [2.45, 2.75) is 12.6 Å². The summed E-state index contributed by atoms with van der Waals surface area (Å²) in [6, 6.07) is 13.5. The van der Waals surface area contributed by atoms with Crippen molar-refractivity contribution in [3.63, 3.8) is 0 Å². The number of hydrogen-bond donors (Lipinski definition) is 1. The van der Waals surface area contributed by atoms with Crippen LogP contribution in [0.2, 0.25) is 10.0 Å². The van der Waals surface area contributed by atoms with E-state index in [1.54, 1.807) is 7.11 Å². The topological polar surface area (TPSA) is 39.1 Å². The van der Waals surface area contributed by atoms with Crippen LogP contribution >= 0.6 is 23.2 Å². The Morgan fingerprint density at radius 2 is 1.92 bits per heavy atom. The van der Waals surface area contributed by atoms with Crippen LogP contribution in [0, 0.1) is 0 Å². The van der Waals surface area contributed by atoms with Crippen molar-refractivity contribution in [1.29, 1.82) is 0 Å². The Morgan fingerprint density at radius 1 is 1.15 bits per heavy atom. The first-order chi connectivity index (χ1) is 12.6. The molecule has 136 valence electrons. The van der Waals surface area contributed by atoms with Gasteiger partial charge in [0, 0.05) is 47.4 Å². The molecule has 1 atom stereocenters. The minimum atomic E-state index is -0.338. The molecule has 4 nitrogen and oxygen atoms in total. The largest absolute Gasteiger partial charge is 0.372 e. The summed E-state index contributed by atoms with van der Waals surface area (Å²) in [5.74, 6) is 0. The second-order valence-corrected chi connectivity index (χ2v) is 6.88. The average Bonchev–Trinajstić information content (AvgIpc) is 2.98. The van der Waals surface area contributed by atoms with Gasteiger partial charge in [0.25, 0.3) is 0 Å². The van der Waals surface area contributed by atoms with Crippen molar-refractivity contribution >= 4 is 23.2 Å². The molecule has 26 heavy (non-hydrogen) atoms. The van der Waals surface area contributed by atoms with Crippen LogP contribution in [0.5, 0.6) is 0 Å². The molecule has 0 amide bonds. The van der Waals surface area contributed by atoms with Crippen LogP contribution in [0.1, 0.15) is 22.8 Å². The average molecular weight is 390 g/mol.